The van der Waals surface area contributed by atoms with Crippen molar-refractivity contribution in [2.75, 3.05) is 13.2 Å². The Hall–Kier alpha value is -0.860. The van der Waals surface area contributed by atoms with Gasteiger partial charge in [-0.1, -0.05) is 56.5 Å². The van der Waals surface area contributed by atoms with Crippen LogP contribution < -0.4 is 5.32 Å². The minimum absolute atomic E-state index is 0.186. The topological polar surface area (TPSA) is 21.3 Å². The number of nitrogens with one attached hydrogen (secondary N) is 1. The van der Waals surface area contributed by atoms with Gasteiger partial charge in [-0.15, -0.1) is 0 Å². The molecule has 1 saturated carbocycles. The van der Waals surface area contributed by atoms with Crippen LogP contribution in [-0.4, -0.2) is 19.2 Å². The summed E-state index contributed by atoms with van der Waals surface area (Å²) in [5, 5.41) is 3.80. The van der Waals surface area contributed by atoms with Gasteiger partial charge in [0, 0.05) is 12.6 Å². The van der Waals surface area contributed by atoms with Crippen LogP contribution in [0.3, 0.4) is 0 Å². The van der Waals surface area contributed by atoms with Gasteiger partial charge in [0.15, 0.2) is 0 Å². The van der Waals surface area contributed by atoms with Crippen LogP contribution in [0.2, 0.25) is 0 Å². The van der Waals surface area contributed by atoms with Crippen LogP contribution in [0.25, 0.3) is 0 Å². The van der Waals surface area contributed by atoms with Crippen LogP contribution in [0.5, 0.6) is 0 Å². The van der Waals surface area contributed by atoms with Crippen molar-refractivity contribution in [3.63, 3.8) is 0 Å². The molecule has 2 atom stereocenters. The van der Waals surface area contributed by atoms with E-state index in [-0.39, 0.29) is 6.10 Å². The van der Waals surface area contributed by atoms with Crippen molar-refractivity contribution in [2.45, 2.75) is 64.5 Å². The van der Waals surface area contributed by atoms with Crippen LogP contribution in [0, 0.1) is 5.92 Å². The molecule has 1 aromatic carbocycles. The molecule has 1 N–H and O–H groups in total. The van der Waals surface area contributed by atoms with Crippen molar-refractivity contribution in [3.05, 3.63) is 35.9 Å². The van der Waals surface area contributed by atoms with Gasteiger partial charge in [0.05, 0.1) is 6.10 Å². The molecule has 1 fully saturated rings. The van der Waals surface area contributed by atoms with Gasteiger partial charge in [0.25, 0.3) is 0 Å². The second kappa shape index (κ2) is 9.22. The van der Waals surface area contributed by atoms with Gasteiger partial charge in [-0.25, -0.2) is 0 Å². The van der Waals surface area contributed by atoms with Crippen molar-refractivity contribution < 1.29 is 4.74 Å². The zero-order valence-electron chi connectivity index (χ0n) is 13.7. The van der Waals surface area contributed by atoms with E-state index in [0.29, 0.717) is 6.04 Å². The summed E-state index contributed by atoms with van der Waals surface area (Å²) >= 11 is 0. The Kier molecular flexibility index (Phi) is 7.25. The van der Waals surface area contributed by atoms with Gasteiger partial charge in [-0.3, -0.25) is 0 Å². The van der Waals surface area contributed by atoms with E-state index in [4.69, 9.17) is 4.74 Å². The number of rotatable bonds is 8. The maximum Gasteiger partial charge on any atom is 0.0980 e. The monoisotopic (exact) mass is 289 g/mol. The van der Waals surface area contributed by atoms with Gasteiger partial charge in [-0.05, 0) is 44.2 Å². The fourth-order valence-electron chi connectivity index (χ4n) is 3.55. The largest absolute Gasteiger partial charge is 0.372 e. The van der Waals surface area contributed by atoms with E-state index in [2.05, 4.69) is 49.5 Å². The predicted octanol–water partition coefficient (Wildman–Crippen LogP) is 4.71. The molecule has 0 amide bonds. The SMILES string of the molecule is CCCNC(C1CCCCC1)C(OCC)c1ccccc1. The summed E-state index contributed by atoms with van der Waals surface area (Å²) in [5.41, 5.74) is 1.32. The van der Waals surface area contributed by atoms with Crippen molar-refractivity contribution in [1.29, 1.82) is 0 Å². The minimum atomic E-state index is 0.186. The Balaban J connectivity index is 2.16. The van der Waals surface area contributed by atoms with E-state index in [1.54, 1.807) is 0 Å². The second-order valence-corrected chi connectivity index (χ2v) is 6.16. The summed E-state index contributed by atoms with van der Waals surface area (Å²) < 4.78 is 6.18. The maximum atomic E-state index is 6.18. The van der Waals surface area contributed by atoms with E-state index in [9.17, 15) is 0 Å². The molecule has 21 heavy (non-hydrogen) atoms. The molecular weight excluding hydrogens is 258 g/mol. The van der Waals surface area contributed by atoms with Gasteiger partial charge in [0.1, 0.15) is 0 Å². The number of benzene rings is 1. The van der Waals surface area contributed by atoms with Crippen molar-refractivity contribution >= 4 is 0 Å². The number of hydrogen-bond donors (Lipinski definition) is 1. The van der Waals surface area contributed by atoms with Crippen LogP contribution in [0.1, 0.15) is 64.0 Å². The lowest BCUT2D eigenvalue weighted by Gasteiger charge is -2.36. The number of hydrogen-bond acceptors (Lipinski definition) is 2. The van der Waals surface area contributed by atoms with Crippen molar-refractivity contribution in [2.24, 2.45) is 5.92 Å². The third-order valence-electron chi connectivity index (χ3n) is 4.59. The van der Waals surface area contributed by atoms with E-state index in [0.717, 1.165) is 19.1 Å². The third kappa shape index (κ3) is 4.82. The Bertz CT molecular complexity index is 372. The number of ether oxygens (including phenoxy) is 1. The maximum absolute atomic E-state index is 6.18. The average molecular weight is 289 g/mol. The molecule has 0 heterocycles. The fourth-order valence-corrected chi connectivity index (χ4v) is 3.55. The summed E-state index contributed by atoms with van der Waals surface area (Å²) in [6.45, 7) is 6.20. The first kappa shape index (κ1) is 16.5. The first-order valence-corrected chi connectivity index (χ1v) is 8.76. The highest BCUT2D eigenvalue weighted by atomic mass is 16.5. The molecule has 0 bridgehead atoms. The summed E-state index contributed by atoms with van der Waals surface area (Å²) in [6, 6.07) is 11.2. The third-order valence-corrected chi connectivity index (χ3v) is 4.59. The molecule has 0 aromatic heterocycles. The molecule has 2 nitrogen and oxygen atoms in total. The van der Waals surface area contributed by atoms with Gasteiger partial charge >= 0.3 is 0 Å². The van der Waals surface area contributed by atoms with Crippen LogP contribution in [0.15, 0.2) is 30.3 Å². The second-order valence-electron chi connectivity index (χ2n) is 6.16. The molecule has 1 aromatic rings. The van der Waals surface area contributed by atoms with Gasteiger partial charge in [0.2, 0.25) is 0 Å². The first-order chi connectivity index (χ1) is 10.4. The standard InChI is InChI=1S/C19H31NO/c1-3-15-20-18(16-11-7-5-8-12-16)19(21-4-2)17-13-9-6-10-14-17/h6,9-10,13-14,16,18-20H,3-5,7-8,11-12,15H2,1-2H3. The summed E-state index contributed by atoms with van der Waals surface area (Å²) in [5.74, 6) is 0.752. The van der Waals surface area contributed by atoms with Crippen LogP contribution in [0.4, 0.5) is 0 Å². The smallest absolute Gasteiger partial charge is 0.0980 e. The Labute approximate surface area is 130 Å². The highest BCUT2D eigenvalue weighted by molar-refractivity contribution is 5.19. The fraction of sp³-hybridized carbons (Fsp3) is 0.684. The molecule has 2 heteroatoms. The molecule has 2 unspecified atom stereocenters. The van der Waals surface area contributed by atoms with E-state index in [1.807, 2.05) is 0 Å². The molecule has 0 saturated heterocycles. The Morgan fingerprint density at radius 3 is 2.43 bits per heavy atom. The molecule has 118 valence electrons. The van der Waals surface area contributed by atoms with E-state index < -0.39 is 0 Å². The normalized spacial score (nSPS) is 19.3. The lowest BCUT2D eigenvalue weighted by Crippen LogP contribution is -2.43. The highest BCUT2D eigenvalue weighted by Gasteiger charge is 2.31. The lowest BCUT2D eigenvalue weighted by molar-refractivity contribution is 0.00989. The van der Waals surface area contributed by atoms with Crippen LogP contribution in [-0.2, 0) is 4.74 Å². The molecule has 0 aliphatic heterocycles. The van der Waals surface area contributed by atoms with Crippen molar-refractivity contribution in [3.8, 4) is 0 Å². The highest BCUT2D eigenvalue weighted by Crippen LogP contribution is 2.34. The average Bonchev–Trinajstić information content (AvgIpc) is 2.56. The summed E-state index contributed by atoms with van der Waals surface area (Å²) in [4.78, 5) is 0. The van der Waals surface area contributed by atoms with Gasteiger partial charge < -0.3 is 10.1 Å². The molecule has 1 aliphatic rings. The lowest BCUT2D eigenvalue weighted by atomic mass is 9.80. The Morgan fingerprint density at radius 1 is 1.10 bits per heavy atom. The zero-order valence-corrected chi connectivity index (χ0v) is 13.7. The molecule has 0 spiro atoms. The van der Waals surface area contributed by atoms with E-state index >= 15 is 0 Å². The zero-order chi connectivity index (χ0) is 14.9. The van der Waals surface area contributed by atoms with Crippen LogP contribution >= 0.6 is 0 Å². The first-order valence-electron chi connectivity index (χ1n) is 8.76. The quantitative estimate of drug-likeness (QED) is 0.748. The van der Waals surface area contributed by atoms with Gasteiger partial charge in [-0.2, -0.15) is 0 Å². The summed E-state index contributed by atoms with van der Waals surface area (Å²) in [6.07, 6.45) is 8.21. The molecule has 0 radical (unpaired) electrons. The molecule has 2 rings (SSSR count). The minimum Gasteiger partial charge on any atom is -0.372 e. The summed E-state index contributed by atoms with van der Waals surface area (Å²) in [7, 11) is 0. The van der Waals surface area contributed by atoms with E-state index in [1.165, 1.54) is 44.1 Å². The predicted molar refractivity (Wildman–Crippen MR) is 89.5 cm³/mol. The molecule has 1 aliphatic carbocycles. The Morgan fingerprint density at radius 2 is 1.81 bits per heavy atom. The van der Waals surface area contributed by atoms with Crippen molar-refractivity contribution in [1.82, 2.24) is 5.32 Å². The molecular formula is C19H31NO.